The summed E-state index contributed by atoms with van der Waals surface area (Å²) in [5.74, 6) is -0.740. The average molecular weight is 560 g/mol. The first-order valence-electron chi connectivity index (χ1n) is 14.1. The molecule has 1 saturated heterocycles. The maximum absolute atomic E-state index is 13.4. The molecule has 0 bridgehead atoms. The van der Waals surface area contributed by atoms with Crippen molar-refractivity contribution in [2.45, 2.75) is 77.5 Å². The van der Waals surface area contributed by atoms with Crippen molar-refractivity contribution in [1.82, 2.24) is 35.7 Å². The van der Waals surface area contributed by atoms with Crippen molar-refractivity contribution in [3.63, 3.8) is 0 Å². The van der Waals surface area contributed by atoms with Gasteiger partial charge in [0.25, 0.3) is 5.91 Å². The lowest BCUT2D eigenvalue weighted by Crippen LogP contribution is -2.56. The zero-order valence-corrected chi connectivity index (χ0v) is 23.7. The number of ketones is 1. The molecule has 1 aliphatic rings. The highest BCUT2D eigenvalue weighted by atomic mass is 16.2. The predicted octanol–water partition coefficient (Wildman–Crippen LogP) is 2.24. The summed E-state index contributed by atoms with van der Waals surface area (Å²) in [6.07, 6.45) is 2.79. The Balaban J connectivity index is 1.37. The normalized spacial score (nSPS) is 16.9. The molecule has 0 radical (unpaired) electrons. The molecule has 2 N–H and O–H groups in total. The van der Waals surface area contributed by atoms with Gasteiger partial charge in [-0.3, -0.25) is 19.2 Å². The Kier molecular flexibility index (Phi) is 9.94. The van der Waals surface area contributed by atoms with Crippen LogP contribution in [0.25, 0.3) is 0 Å². The lowest BCUT2D eigenvalue weighted by atomic mass is 10.1. The van der Waals surface area contributed by atoms with Crippen molar-refractivity contribution in [1.29, 1.82) is 0 Å². The lowest BCUT2D eigenvalue weighted by molar-refractivity contribution is -0.141. The molecule has 4 rings (SSSR count). The Bertz CT molecular complexity index is 1360. The zero-order valence-electron chi connectivity index (χ0n) is 23.7. The third-order valence-electron chi connectivity index (χ3n) is 7.42. The number of aryl methyl sites for hydroxylation is 1. The van der Waals surface area contributed by atoms with Crippen molar-refractivity contribution in [3.05, 3.63) is 77.1 Å². The summed E-state index contributed by atoms with van der Waals surface area (Å²) in [4.78, 5) is 54.2. The number of Topliss-reactive ketones (excluding diaryl/α,β-unsaturated/α-hetero) is 1. The molecule has 41 heavy (non-hydrogen) atoms. The van der Waals surface area contributed by atoms with Crippen LogP contribution in [0, 0.1) is 6.92 Å². The summed E-state index contributed by atoms with van der Waals surface area (Å²) >= 11 is 0. The monoisotopic (exact) mass is 559 g/mol. The number of hydrogen-bond acceptors (Lipinski definition) is 7. The van der Waals surface area contributed by atoms with Gasteiger partial charge in [0.05, 0.1) is 6.04 Å². The van der Waals surface area contributed by atoms with Crippen LogP contribution in [0.5, 0.6) is 0 Å². The number of rotatable bonds is 11. The highest BCUT2D eigenvalue weighted by molar-refractivity contribution is 5.98. The molecule has 0 saturated carbocycles. The van der Waals surface area contributed by atoms with Gasteiger partial charge in [-0.15, -0.1) is 5.10 Å². The van der Waals surface area contributed by atoms with E-state index in [0.29, 0.717) is 43.6 Å². The summed E-state index contributed by atoms with van der Waals surface area (Å²) in [6, 6.07) is 14.5. The van der Waals surface area contributed by atoms with E-state index in [2.05, 4.69) is 26.2 Å². The number of benzene rings is 2. The van der Waals surface area contributed by atoms with Crippen LogP contribution in [0.1, 0.15) is 66.8 Å². The number of hydrogen-bond donors (Lipinski definition) is 2. The molecule has 3 amide bonds. The molecule has 3 aromatic rings. The average Bonchev–Trinajstić information content (AvgIpc) is 3.32. The second-order valence-corrected chi connectivity index (χ2v) is 10.4. The van der Waals surface area contributed by atoms with Crippen LogP contribution in [0.2, 0.25) is 0 Å². The number of nitrogens with one attached hydrogen (secondary N) is 2. The molecule has 2 aromatic carbocycles. The number of tetrazole rings is 1. The van der Waals surface area contributed by atoms with E-state index in [0.717, 1.165) is 17.5 Å². The van der Waals surface area contributed by atoms with Crippen molar-refractivity contribution in [2.24, 2.45) is 0 Å². The molecular formula is C30H37N7O4. The van der Waals surface area contributed by atoms with Gasteiger partial charge < -0.3 is 15.5 Å². The molecule has 216 valence electrons. The first-order chi connectivity index (χ1) is 19.8. The highest BCUT2D eigenvalue weighted by Gasteiger charge is 2.35. The minimum Gasteiger partial charge on any atom is -0.344 e. The third kappa shape index (κ3) is 7.62. The fourth-order valence-corrected chi connectivity index (χ4v) is 4.88. The molecule has 0 aliphatic carbocycles. The van der Waals surface area contributed by atoms with E-state index in [4.69, 9.17) is 0 Å². The molecule has 11 nitrogen and oxygen atoms in total. The molecular weight excluding hydrogens is 522 g/mol. The zero-order chi connectivity index (χ0) is 29.4. The van der Waals surface area contributed by atoms with E-state index in [1.807, 2.05) is 56.3 Å². The number of carbonyl (C=O) groups is 4. The topological polar surface area (TPSA) is 139 Å². The van der Waals surface area contributed by atoms with Crippen LogP contribution in [0.4, 0.5) is 0 Å². The SMILES string of the molecule is CCC(NC(=O)C(C)N1CCCCC(NC(=O)c2ccc(C)cc2)C1=O)C(=O)Cn1nnnc1Cc1ccccc1. The Hall–Kier alpha value is -4.41. The molecule has 3 atom stereocenters. The van der Waals surface area contributed by atoms with E-state index < -0.39 is 24.0 Å². The van der Waals surface area contributed by atoms with Gasteiger partial charge in [-0.25, -0.2) is 4.68 Å². The fourth-order valence-electron chi connectivity index (χ4n) is 4.88. The van der Waals surface area contributed by atoms with Crippen molar-refractivity contribution < 1.29 is 19.2 Å². The number of carbonyl (C=O) groups excluding carboxylic acids is 4. The van der Waals surface area contributed by atoms with Gasteiger partial charge in [0.15, 0.2) is 11.6 Å². The summed E-state index contributed by atoms with van der Waals surface area (Å²) in [7, 11) is 0. The van der Waals surface area contributed by atoms with Gasteiger partial charge in [-0.2, -0.15) is 0 Å². The maximum atomic E-state index is 13.4. The van der Waals surface area contributed by atoms with Gasteiger partial charge in [0.1, 0.15) is 18.6 Å². The first-order valence-corrected chi connectivity index (χ1v) is 14.1. The van der Waals surface area contributed by atoms with Crippen LogP contribution < -0.4 is 10.6 Å². The molecule has 3 unspecified atom stereocenters. The van der Waals surface area contributed by atoms with Gasteiger partial charge in [0, 0.05) is 18.5 Å². The lowest BCUT2D eigenvalue weighted by Gasteiger charge is -2.30. The maximum Gasteiger partial charge on any atom is 0.251 e. The minimum absolute atomic E-state index is 0.0852. The second-order valence-electron chi connectivity index (χ2n) is 10.4. The van der Waals surface area contributed by atoms with Gasteiger partial charge in [-0.05, 0) is 67.7 Å². The fraction of sp³-hybridized carbons (Fsp3) is 0.433. The number of nitrogens with zero attached hydrogens (tertiary/aromatic N) is 5. The largest absolute Gasteiger partial charge is 0.344 e. The Morgan fingerprint density at radius 2 is 1.78 bits per heavy atom. The van der Waals surface area contributed by atoms with E-state index in [9.17, 15) is 19.2 Å². The van der Waals surface area contributed by atoms with Crippen LogP contribution in [0.15, 0.2) is 54.6 Å². The standard InChI is InChI=1S/C30H37N7O4/c1-4-24(26(38)19-37-27(33-34-35-37)18-22-10-6-5-7-11-22)31-28(39)21(3)36-17-9-8-12-25(30(36)41)32-29(40)23-15-13-20(2)14-16-23/h5-7,10-11,13-16,21,24-25H,4,8-9,12,17-19H2,1-3H3,(H,31,39)(H,32,40). The molecule has 1 aromatic heterocycles. The van der Waals surface area contributed by atoms with Gasteiger partial charge in [0.2, 0.25) is 11.8 Å². The molecule has 2 heterocycles. The van der Waals surface area contributed by atoms with Crippen LogP contribution >= 0.6 is 0 Å². The van der Waals surface area contributed by atoms with E-state index in [1.165, 1.54) is 9.58 Å². The first kappa shape index (κ1) is 29.6. The smallest absolute Gasteiger partial charge is 0.251 e. The van der Waals surface area contributed by atoms with E-state index >= 15 is 0 Å². The van der Waals surface area contributed by atoms with Crippen molar-refractivity contribution >= 4 is 23.5 Å². The quantitative estimate of drug-likeness (QED) is 0.367. The predicted molar refractivity (Wildman–Crippen MR) is 152 cm³/mol. The van der Waals surface area contributed by atoms with Crippen LogP contribution in [0.3, 0.4) is 0 Å². The Morgan fingerprint density at radius 1 is 1.05 bits per heavy atom. The van der Waals surface area contributed by atoms with Crippen molar-refractivity contribution in [2.75, 3.05) is 6.54 Å². The van der Waals surface area contributed by atoms with E-state index in [1.54, 1.807) is 19.1 Å². The Labute approximate surface area is 239 Å². The van der Waals surface area contributed by atoms with Crippen molar-refractivity contribution in [3.8, 4) is 0 Å². The molecule has 1 aliphatic heterocycles. The molecule has 11 heteroatoms. The van der Waals surface area contributed by atoms with Crippen LogP contribution in [-0.4, -0.2) is 73.3 Å². The summed E-state index contributed by atoms with van der Waals surface area (Å²) < 4.78 is 1.45. The van der Waals surface area contributed by atoms with Gasteiger partial charge in [-0.1, -0.05) is 55.0 Å². The number of likely N-dealkylation sites (tertiary alicyclic amines) is 1. The summed E-state index contributed by atoms with van der Waals surface area (Å²) in [5.41, 5.74) is 2.52. The number of amides is 3. The molecule has 1 fully saturated rings. The number of aromatic nitrogens is 4. The summed E-state index contributed by atoms with van der Waals surface area (Å²) in [6.45, 7) is 5.70. The third-order valence-corrected chi connectivity index (χ3v) is 7.42. The van der Waals surface area contributed by atoms with E-state index in [-0.39, 0.29) is 24.1 Å². The van der Waals surface area contributed by atoms with Gasteiger partial charge >= 0.3 is 0 Å². The molecule has 0 spiro atoms. The second kappa shape index (κ2) is 13.8. The summed E-state index contributed by atoms with van der Waals surface area (Å²) in [5, 5.41) is 17.4. The highest BCUT2D eigenvalue weighted by Crippen LogP contribution is 2.17. The van der Waals surface area contributed by atoms with Crippen LogP contribution in [-0.2, 0) is 27.3 Å². The minimum atomic E-state index is -0.817. The Morgan fingerprint density at radius 3 is 2.49 bits per heavy atom.